The SMILES string of the molecule is C=CCCCC(NN)c1ccc(F)c(C(F)(F)F)c1. The van der Waals surface area contributed by atoms with Crippen molar-refractivity contribution in [3.63, 3.8) is 0 Å². The van der Waals surface area contributed by atoms with Gasteiger partial charge in [0.05, 0.1) is 5.56 Å². The van der Waals surface area contributed by atoms with Crippen molar-refractivity contribution in [2.75, 3.05) is 0 Å². The van der Waals surface area contributed by atoms with Gasteiger partial charge in [0.25, 0.3) is 0 Å². The zero-order valence-electron chi connectivity index (χ0n) is 10.3. The number of hydrogen-bond donors (Lipinski definition) is 2. The largest absolute Gasteiger partial charge is 0.419 e. The predicted molar refractivity (Wildman–Crippen MR) is 65.5 cm³/mol. The molecule has 0 radical (unpaired) electrons. The maximum Gasteiger partial charge on any atom is 0.419 e. The number of benzene rings is 1. The first-order valence-electron chi connectivity index (χ1n) is 5.83. The van der Waals surface area contributed by atoms with E-state index in [1.807, 2.05) is 0 Å². The Labute approximate surface area is 109 Å². The average Bonchev–Trinajstić information content (AvgIpc) is 2.34. The molecule has 0 aliphatic heterocycles. The Hall–Kier alpha value is -1.40. The van der Waals surface area contributed by atoms with Crippen LogP contribution in [0.3, 0.4) is 0 Å². The summed E-state index contributed by atoms with van der Waals surface area (Å²) in [6.07, 6.45) is -0.964. The number of hydrazine groups is 1. The second-order valence-electron chi connectivity index (χ2n) is 4.18. The summed E-state index contributed by atoms with van der Waals surface area (Å²) in [6.45, 7) is 3.56. The molecule has 0 aliphatic rings. The van der Waals surface area contributed by atoms with Crippen LogP contribution in [0, 0.1) is 5.82 Å². The van der Waals surface area contributed by atoms with E-state index >= 15 is 0 Å². The molecule has 19 heavy (non-hydrogen) atoms. The Bertz CT molecular complexity index is 429. The van der Waals surface area contributed by atoms with Crippen LogP contribution in [0.1, 0.15) is 36.4 Å². The Morgan fingerprint density at radius 1 is 1.37 bits per heavy atom. The van der Waals surface area contributed by atoms with Gasteiger partial charge in [-0.15, -0.1) is 6.58 Å². The van der Waals surface area contributed by atoms with Crippen molar-refractivity contribution < 1.29 is 17.6 Å². The van der Waals surface area contributed by atoms with E-state index in [9.17, 15) is 17.6 Å². The van der Waals surface area contributed by atoms with E-state index in [0.29, 0.717) is 12.0 Å². The molecule has 0 heterocycles. The maximum atomic E-state index is 13.2. The predicted octanol–water partition coefficient (Wildman–Crippen LogP) is 3.71. The van der Waals surface area contributed by atoms with Crippen LogP contribution in [0.25, 0.3) is 0 Å². The minimum Gasteiger partial charge on any atom is -0.271 e. The Morgan fingerprint density at radius 2 is 2.05 bits per heavy atom. The maximum absolute atomic E-state index is 13.2. The number of hydrogen-bond acceptors (Lipinski definition) is 2. The van der Waals surface area contributed by atoms with Gasteiger partial charge in [-0.2, -0.15) is 13.2 Å². The van der Waals surface area contributed by atoms with Gasteiger partial charge in [-0.3, -0.25) is 11.3 Å². The Morgan fingerprint density at radius 3 is 2.58 bits per heavy atom. The van der Waals surface area contributed by atoms with Crippen molar-refractivity contribution >= 4 is 0 Å². The second kappa shape index (κ2) is 6.68. The molecule has 3 N–H and O–H groups in total. The molecule has 0 saturated carbocycles. The fraction of sp³-hybridized carbons (Fsp3) is 0.385. The molecule has 1 aromatic rings. The van der Waals surface area contributed by atoms with E-state index in [1.54, 1.807) is 6.08 Å². The number of unbranched alkanes of at least 4 members (excludes halogenated alkanes) is 1. The summed E-state index contributed by atoms with van der Waals surface area (Å²) in [4.78, 5) is 0. The lowest BCUT2D eigenvalue weighted by Gasteiger charge is -2.18. The number of allylic oxidation sites excluding steroid dienone is 1. The van der Waals surface area contributed by atoms with Crippen molar-refractivity contribution in [1.82, 2.24) is 5.43 Å². The fourth-order valence-electron chi connectivity index (χ4n) is 1.79. The third-order valence-corrected chi connectivity index (χ3v) is 2.80. The molecule has 106 valence electrons. The van der Waals surface area contributed by atoms with E-state index in [4.69, 9.17) is 5.84 Å². The molecule has 0 fully saturated rings. The van der Waals surface area contributed by atoms with Gasteiger partial charge in [-0.1, -0.05) is 12.1 Å². The summed E-state index contributed by atoms with van der Waals surface area (Å²) < 4.78 is 50.9. The van der Waals surface area contributed by atoms with Gasteiger partial charge < -0.3 is 0 Å². The zero-order chi connectivity index (χ0) is 14.5. The van der Waals surface area contributed by atoms with Gasteiger partial charge in [-0.05, 0) is 37.0 Å². The summed E-state index contributed by atoms with van der Waals surface area (Å²) in [5.41, 5.74) is 1.50. The summed E-state index contributed by atoms with van der Waals surface area (Å²) in [6, 6.07) is 2.48. The lowest BCUT2D eigenvalue weighted by Crippen LogP contribution is -2.28. The monoisotopic (exact) mass is 276 g/mol. The minimum atomic E-state index is -4.71. The quantitative estimate of drug-likeness (QED) is 0.273. The van der Waals surface area contributed by atoms with Crippen LogP contribution in [0.4, 0.5) is 17.6 Å². The number of nitrogens with one attached hydrogen (secondary N) is 1. The van der Waals surface area contributed by atoms with Crippen LogP contribution in [-0.2, 0) is 6.18 Å². The van der Waals surface area contributed by atoms with Crippen molar-refractivity contribution in [2.24, 2.45) is 5.84 Å². The molecular weight excluding hydrogens is 260 g/mol. The van der Waals surface area contributed by atoms with Gasteiger partial charge in [0.2, 0.25) is 0 Å². The summed E-state index contributed by atoms with van der Waals surface area (Å²) in [5, 5.41) is 0. The first-order valence-corrected chi connectivity index (χ1v) is 5.83. The van der Waals surface area contributed by atoms with Crippen LogP contribution >= 0.6 is 0 Å². The highest BCUT2D eigenvalue weighted by atomic mass is 19.4. The molecule has 1 rings (SSSR count). The third-order valence-electron chi connectivity index (χ3n) is 2.80. The molecule has 0 amide bonds. The normalized spacial score (nSPS) is 13.3. The summed E-state index contributed by atoms with van der Waals surface area (Å²) in [7, 11) is 0. The molecule has 2 nitrogen and oxygen atoms in total. The third kappa shape index (κ3) is 4.33. The lowest BCUT2D eigenvalue weighted by molar-refractivity contribution is -0.140. The van der Waals surface area contributed by atoms with Crippen LogP contribution in [-0.4, -0.2) is 0 Å². The molecular formula is C13H16F4N2. The summed E-state index contributed by atoms with van der Waals surface area (Å²) in [5.74, 6) is 4.05. The molecule has 0 spiro atoms. The smallest absolute Gasteiger partial charge is 0.271 e. The van der Waals surface area contributed by atoms with Gasteiger partial charge >= 0.3 is 6.18 Å². The van der Waals surface area contributed by atoms with Crippen LogP contribution in [0.5, 0.6) is 0 Å². The molecule has 1 atom stereocenters. The van der Waals surface area contributed by atoms with Crippen LogP contribution in [0.15, 0.2) is 30.9 Å². The summed E-state index contributed by atoms with van der Waals surface area (Å²) >= 11 is 0. The van der Waals surface area contributed by atoms with Crippen molar-refractivity contribution in [3.8, 4) is 0 Å². The van der Waals surface area contributed by atoms with Gasteiger partial charge in [0, 0.05) is 6.04 Å². The van der Waals surface area contributed by atoms with Gasteiger partial charge in [-0.25, -0.2) is 4.39 Å². The fourth-order valence-corrected chi connectivity index (χ4v) is 1.79. The van der Waals surface area contributed by atoms with Crippen LogP contribution < -0.4 is 11.3 Å². The molecule has 1 aromatic carbocycles. The minimum absolute atomic E-state index is 0.320. The van der Waals surface area contributed by atoms with Gasteiger partial charge in [0.15, 0.2) is 0 Å². The first kappa shape index (κ1) is 15.7. The average molecular weight is 276 g/mol. The van der Waals surface area contributed by atoms with Crippen molar-refractivity contribution in [3.05, 3.63) is 47.8 Å². The number of halogens is 4. The number of nitrogens with two attached hydrogens (primary N) is 1. The molecule has 6 heteroatoms. The van der Waals surface area contributed by atoms with Crippen molar-refractivity contribution in [2.45, 2.75) is 31.5 Å². The first-order chi connectivity index (χ1) is 8.90. The molecule has 0 saturated heterocycles. The molecule has 0 bridgehead atoms. The number of rotatable bonds is 6. The Kier molecular flexibility index (Phi) is 5.50. The van der Waals surface area contributed by atoms with Crippen molar-refractivity contribution in [1.29, 1.82) is 0 Å². The highest BCUT2D eigenvalue weighted by Gasteiger charge is 2.34. The number of alkyl halides is 3. The lowest BCUT2D eigenvalue weighted by atomic mass is 9.99. The highest BCUT2D eigenvalue weighted by Crippen LogP contribution is 2.33. The topological polar surface area (TPSA) is 38.0 Å². The molecule has 1 unspecified atom stereocenters. The second-order valence-corrected chi connectivity index (χ2v) is 4.18. The van der Waals surface area contributed by atoms with E-state index in [1.165, 1.54) is 6.07 Å². The van der Waals surface area contributed by atoms with E-state index in [2.05, 4.69) is 12.0 Å². The van der Waals surface area contributed by atoms with Gasteiger partial charge in [0.1, 0.15) is 5.82 Å². The highest BCUT2D eigenvalue weighted by molar-refractivity contribution is 5.29. The standard InChI is InChI=1S/C13H16F4N2/c1-2-3-4-5-12(19-18)9-6-7-11(14)10(8-9)13(15,16)17/h2,6-8,12,19H,1,3-5,18H2. The Balaban J connectivity index is 2.95. The zero-order valence-corrected chi connectivity index (χ0v) is 10.3. The molecule has 0 aromatic heterocycles. The van der Waals surface area contributed by atoms with E-state index in [-0.39, 0.29) is 0 Å². The van der Waals surface area contributed by atoms with E-state index in [0.717, 1.165) is 25.0 Å². The molecule has 0 aliphatic carbocycles. The van der Waals surface area contributed by atoms with E-state index < -0.39 is 23.6 Å². The van der Waals surface area contributed by atoms with Crippen LogP contribution in [0.2, 0.25) is 0 Å².